The third-order valence-electron chi connectivity index (χ3n) is 5.07. The van der Waals surface area contributed by atoms with Crippen LogP contribution in [0.15, 0.2) is 83.8 Å². The van der Waals surface area contributed by atoms with Gasteiger partial charge in [-0.15, -0.1) is 0 Å². The summed E-state index contributed by atoms with van der Waals surface area (Å²) in [5.74, 6) is -0.828. The Bertz CT molecular complexity index is 1240. The number of fused-ring (bicyclic) bond motifs is 1. The molecular formula is C23H21N3O4S. The molecule has 8 heteroatoms. The van der Waals surface area contributed by atoms with Gasteiger partial charge in [0.2, 0.25) is 11.8 Å². The SMILES string of the molecule is Cc1ccccc1N(CC(=O)N1CC(=O)Nc2ccccc21)S(=O)(=O)c1ccccc1. The summed E-state index contributed by atoms with van der Waals surface area (Å²) in [6, 6.07) is 21.9. The van der Waals surface area contributed by atoms with Gasteiger partial charge >= 0.3 is 0 Å². The van der Waals surface area contributed by atoms with Crippen molar-refractivity contribution in [1.82, 2.24) is 0 Å². The molecule has 2 amide bonds. The molecule has 0 saturated carbocycles. The average molecular weight is 436 g/mol. The molecule has 31 heavy (non-hydrogen) atoms. The highest BCUT2D eigenvalue weighted by Crippen LogP contribution is 2.31. The molecule has 1 N–H and O–H groups in total. The first-order chi connectivity index (χ1) is 14.9. The van der Waals surface area contributed by atoms with Crippen LogP contribution in [0.3, 0.4) is 0 Å². The van der Waals surface area contributed by atoms with Gasteiger partial charge in [-0.1, -0.05) is 48.5 Å². The van der Waals surface area contributed by atoms with Gasteiger partial charge in [0.05, 0.1) is 22.0 Å². The van der Waals surface area contributed by atoms with Gasteiger partial charge in [-0.3, -0.25) is 18.8 Å². The molecule has 158 valence electrons. The molecule has 0 atom stereocenters. The zero-order valence-corrected chi connectivity index (χ0v) is 17.7. The average Bonchev–Trinajstić information content (AvgIpc) is 2.78. The Morgan fingerprint density at radius 2 is 1.61 bits per heavy atom. The molecule has 0 aliphatic carbocycles. The first-order valence-corrected chi connectivity index (χ1v) is 11.1. The van der Waals surface area contributed by atoms with E-state index in [1.54, 1.807) is 73.7 Å². The molecule has 1 aliphatic heterocycles. The van der Waals surface area contributed by atoms with Crippen molar-refractivity contribution < 1.29 is 18.0 Å². The largest absolute Gasteiger partial charge is 0.323 e. The molecule has 1 heterocycles. The lowest BCUT2D eigenvalue weighted by atomic mass is 10.2. The number of carbonyl (C=O) groups excluding carboxylic acids is 2. The number of hydrogen-bond acceptors (Lipinski definition) is 4. The van der Waals surface area contributed by atoms with Crippen molar-refractivity contribution in [2.24, 2.45) is 0 Å². The molecule has 3 aromatic carbocycles. The molecule has 4 rings (SSSR count). The quantitative estimate of drug-likeness (QED) is 0.667. The summed E-state index contributed by atoms with van der Waals surface area (Å²) in [4.78, 5) is 26.9. The van der Waals surface area contributed by atoms with Gasteiger partial charge in [-0.25, -0.2) is 8.42 Å². The van der Waals surface area contributed by atoms with E-state index in [1.807, 2.05) is 0 Å². The van der Waals surface area contributed by atoms with E-state index in [0.717, 1.165) is 4.31 Å². The number of sulfonamides is 1. The molecule has 0 saturated heterocycles. The minimum absolute atomic E-state index is 0.0860. The predicted octanol–water partition coefficient (Wildman–Crippen LogP) is 3.18. The van der Waals surface area contributed by atoms with Crippen molar-refractivity contribution in [2.75, 3.05) is 27.6 Å². The second-order valence-corrected chi connectivity index (χ2v) is 9.02. The van der Waals surface area contributed by atoms with Crippen molar-refractivity contribution in [3.63, 3.8) is 0 Å². The highest BCUT2D eigenvalue weighted by atomic mass is 32.2. The second-order valence-electron chi connectivity index (χ2n) is 7.16. The highest BCUT2D eigenvalue weighted by Gasteiger charge is 2.32. The van der Waals surface area contributed by atoms with E-state index < -0.39 is 22.5 Å². The van der Waals surface area contributed by atoms with Crippen LogP contribution in [0.25, 0.3) is 0 Å². The van der Waals surface area contributed by atoms with E-state index in [1.165, 1.54) is 17.0 Å². The van der Waals surface area contributed by atoms with Crippen LogP contribution in [-0.2, 0) is 19.6 Å². The van der Waals surface area contributed by atoms with Crippen LogP contribution in [0.1, 0.15) is 5.56 Å². The van der Waals surface area contributed by atoms with Crippen LogP contribution in [0.2, 0.25) is 0 Å². The summed E-state index contributed by atoms with van der Waals surface area (Å²) < 4.78 is 28.1. The summed E-state index contributed by atoms with van der Waals surface area (Å²) in [5, 5.41) is 2.73. The zero-order chi connectivity index (χ0) is 22.0. The number of carbonyl (C=O) groups is 2. The number of para-hydroxylation sites is 3. The minimum Gasteiger partial charge on any atom is -0.323 e. The standard InChI is InChI=1S/C23H21N3O4S/c1-17-9-5-7-13-20(17)26(31(29,30)18-10-3-2-4-11-18)16-23(28)25-15-22(27)24-19-12-6-8-14-21(19)25/h2-14H,15-16H2,1H3,(H,24,27). The number of nitrogens with one attached hydrogen (secondary N) is 1. The molecular weight excluding hydrogens is 414 g/mol. The Balaban J connectivity index is 1.75. The third kappa shape index (κ3) is 4.02. The number of aryl methyl sites for hydroxylation is 1. The van der Waals surface area contributed by atoms with E-state index >= 15 is 0 Å². The van der Waals surface area contributed by atoms with Crippen LogP contribution in [-0.4, -0.2) is 33.3 Å². The number of hydrogen-bond donors (Lipinski definition) is 1. The van der Waals surface area contributed by atoms with E-state index in [-0.39, 0.29) is 17.3 Å². The number of anilines is 3. The Labute approximate surface area is 181 Å². The highest BCUT2D eigenvalue weighted by molar-refractivity contribution is 7.92. The van der Waals surface area contributed by atoms with E-state index in [2.05, 4.69) is 5.32 Å². The first kappa shape index (κ1) is 20.6. The lowest BCUT2D eigenvalue weighted by Gasteiger charge is -2.32. The Morgan fingerprint density at radius 3 is 2.35 bits per heavy atom. The van der Waals surface area contributed by atoms with Gasteiger partial charge in [0.1, 0.15) is 13.1 Å². The van der Waals surface area contributed by atoms with E-state index in [0.29, 0.717) is 22.6 Å². The smallest absolute Gasteiger partial charge is 0.264 e. The molecule has 0 aromatic heterocycles. The van der Waals surface area contributed by atoms with Crippen molar-refractivity contribution in [1.29, 1.82) is 0 Å². The zero-order valence-electron chi connectivity index (χ0n) is 16.9. The first-order valence-electron chi connectivity index (χ1n) is 9.70. The number of nitrogens with zero attached hydrogens (tertiary/aromatic N) is 2. The maximum absolute atomic E-state index is 13.5. The normalized spacial score (nSPS) is 13.3. The van der Waals surface area contributed by atoms with Gasteiger partial charge in [0, 0.05) is 0 Å². The van der Waals surface area contributed by atoms with Gasteiger partial charge < -0.3 is 5.32 Å². The fourth-order valence-corrected chi connectivity index (χ4v) is 5.03. The molecule has 3 aromatic rings. The Hall–Kier alpha value is -3.65. The van der Waals surface area contributed by atoms with Crippen molar-refractivity contribution in [2.45, 2.75) is 11.8 Å². The van der Waals surface area contributed by atoms with Gasteiger partial charge in [-0.2, -0.15) is 0 Å². The topological polar surface area (TPSA) is 86.8 Å². The maximum atomic E-state index is 13.5. The molecule has 1 aliphatic rings. The number of rotatable bonds is 5. The minimum atomic E-state index is -4.02. The van der Waals surface area contributed by atoms with Crippen LogP contribution in [0.5, 0.6) is 0 Å². The third-order valence-corrected chi connectivity index (χ3v) is 6.84. The fraction of sp³-hybridized carbons (Fsp3) is 0.130. The summed E-state index contributed by atoms with van der Waals surface area (Å²) >= 11 is 0. The molecule has 0 unspecified atom stereocenters. The van der Waals surface area contributed by atoms with E-state index in [4.69, 9.17) is 0 Å². The van der Waals surface area contributed by atoms with Gasteiger partial charge in [-0.05, 0) is 42.8 Å². The summed E-state index contributed by atoms with van der Waals surface area (Å²) in [6.07, 6.45) is 0. The van der Waals surface area contributed by atoms with Crippen LogP contribution in [0, 0.1) is 6.92 Å². The Morgan fingerprint density at radius 1 is 0.968 bits per heavy atom. The lowest BCUT2D eigenvalue weighted by Crippen LogP contribution is -2.48. The number of benzene rings is 3. The van der Waals surface area contributed by atoms with Crippen LogP contribution >= 0.6 is 0 Å². The summed E-state index contributed by atoms with van der Waals surface area (Å²) in [6.45, 7) is 1.17. The van der Waals surface area contributed by atoms with Crippen LogP contribution in [0.4, 0.5) is 17.1 Å². The van der Waals surface area contributed by atoms with Crippen molar-refractivity contribution in [3.8, 4) is 0 Å². The Kier molecular flexibility index (Phi) is 5.48. The number of amides is 2. The fourth-order valence-electron chi connectivity index (χ4n) is 3.53. The predicted molar refractivity (Wildman–Crippen MR) is 120 cm³/mol. The lowest BCUT2D eigenvalue weighted by molar-refractivity contribution is -0.121. The van der Waals surface area contributed by atoms with Crippen molar-refractivity contribution in [3.05, 3.63) is 84.4 Å². The summed E-state index contributed by atoms with van der Waals surface area (Å²) in [5.41, 5.74) is 2.18. The van der Waals surface area contributed by atoms with Crippen LogP contribution < -0.4 is 14.5 Å². The molecule has 0 fully saturated rings. The van der Waals surface area contributed by atoms with Crippen molar-refractivity contribution >= 4 is 38.9 Å². The van der Waals surface area contributed by atoms with Gasteiger partial charge in [0.15, 0.2) is 0 Å². The van der Waals surface area contributed by atoms with Gasteiger partial charge in [0.25, 0.3) is 10.0 Å². The molecule has 0 radical (unpaired) electrons. The maximum Gasteiger partial charge on any atom is 0.264 e. The molecule has 0 bridgehead atoms. The second kappa shape index (κ2) is 8.23. The molecule has 7 nitrogen and oxygen atoms in total. The summed E-state index contributed by atoms with van der Waals surface area (Å²) in [7, 11) is -4.02. The monoisotopic (exact) mass is 435 g/mol. The molecule has 0 spiro atoms. The van der Waals surface area contributed by atoms with E-state index in [9.17, 15) is 18.0 Å².